The number of nitrogens with zero attached hydrogens (tertiary/aromatic N) is 1. The minimum absolute atomic E-state index is 0.180. The van der Waals surface area contributed by atoms with Crippen LogP contribution in [0.25, 0.3) is 5.57 Å². The van der Waals surface area contributed by atoms with Gasteiger partial charge in [-0.25, -0.2) is 4.79 Å². The van der Waals surface area contributed by atoms with Crippen molar-refractivity contribution >= 4 is 17.2 Å². The Bertz CT molecular complexity index is 592. The fraction of sp³-hybridized carbons (Fsp3) is 0.471. The molecule has 1 aromatic rings. The highest BCUT2D eigenvalue weighted by atomic mass is 19.1. The number of allylic oxidation sites excluding steroid dienone is 1. The second-order valence-corrected chi connectivity index (χ2v) is 5.99. The highest BCUT2D eigenvalue weighted by Crippen LogP contribution is 2.38. The molecular formula is C17H22FNO2. The van der Waals surface area contributed by atoms with Crippen LogP contribution in [-0.2, 0) is 4.79 Å². The zero-order chi connectivity index (χ0) is 15.7. The van der Waals surface area contributed by atoms with Gasteiger partial charge in [0.1, 0.15) is 0 Å². The van der Waals surface area contributed by atoms with Crippen molar-refractivity contribution in [3.8, 4) is 0 Å². The molecule has 1 aromatic carbocycles. The number of rotatable bonds is 3. The first-order chi connectivity index (χ1) is 9.82. The Labute approximate surface area is 125 Å². The minimum atomic E-state index is -1.51. The van der Waals surface area contributed by atoms with Crippen LogP contribution in [0.4, 0.5) is 10.1 Å². The van der Waals surface area contributed by atoms with E-state index < -0.39 is 11.8 Å². The van der Waals surface area contributed by atoms with Crippen LogP contribution in [0, 0.1) is 0 Å². The number of hydrogen-bond donors (Lipinski definition) is 1. The zero-order valence-corrected chi connectivity index (χ0v) is 13.0. The predicted octanol–water partition coefficient (Wildman–Crippen LogP) is 4.19. The van der Waals surface area contributed by atoms with E-state index in [4.69, 9.17) is 5.11 Å². The van der Waals surface area contributed by atoms with Gasteiger partial charge in [0.2, 0.25) is 5.83 Å². The molecule has 3 nitrogen and oxygen atoms in total. The van der Waals surface area contributed by atoms with Gasteiger partial charge in [-0.3, -0.25) is 0 Å². The van der Waals surface area contributed by atoms with E-state index >= 15 is 0 Å². The monoisotopic (exact) mass is 291 g/mol. The fourth-order valence-corrected chi connectivity index (χ4v) is 2.88. The maximum absolute atomic E-state index is 13.6. The molecular weight excluding hydrogens is 269 g/mol. The van der Waals surface area contributed by atoms with Crippen LogP contribution in [0.15, 0.2) is 24.0 Å². The SMILES string of the molecule is C/C(=C(\F)C(=O)O)c1ccc2c(c1)C(C)CCN2C(C)C. The molecule has 114 valence electrons. The summed E-state index contributed by atoms with van der Waals surface area (Å²) in [5.74, 6) is -2.20. The third kappa shape index (κ3) is 2.94. The van der Waals surface area contributed by atoms with E-state index in [9.17, 15) is 9.18 Å². The predicted molar refractivity (Wildman–Crippen MR) is 83.3 cm³/mol. The first-order valence-electron chi connectivity index (χ1n) is 7.33. The Morgan fingerprint density at radius 2 is 2.10 bits per heavy atom. The highest BCUT2D eigenvalue weighted by molar-refractivity contribution is 5.93. The molecule has 1 aliphatic heterocycles. The summed E-state index contributed by atoms with van der Waals surface area (Å²) in [5.41, 5.74) is 3.17. The fourth-order valence-electron chi connectivity index (χ4n) is 2.88. The molecule has 4 heteroatoms. The summed E-state index contributed by atoms with van der Waals surface area (Å²) in [4.78, 5) is 13.1. The van der Waals surface area contributed by atoms with E-state index in [0.717, 1.165) is 13.0 Å². The van der Waals surface area contributed by atoms with Gasteiger partial charge in [0.25, 0.3) is 0 Å². The second kappa shape index (κ2) is 5.88. The van der Waals surface area contributed by atoms with E-state index in [1.165, 1.54) is 18.2 Å². The van der Waals surface area contributed by atoms with Gasteiger partial charge in [-0.15, -0.1) is 0 Å². The number of anilines is 1. The molecule has 0 aromatic heterocycles. The number of benzene rings is 1. The summed E-state index contributed by atoms with van der Waals surface area (Å²) >= 11 is 0. The molecule has 1 aliphatic rings. The van der Waals surface area contributed by atoms with Crippen LogP contribution >= 0.6 is 0 Å². The number of carboxylic acid groups (broad SMARTS) is 1. The van der Waals surface area contributed by atoms with E-state index in [2.05, 4.69) is 25.7 Å². The maximum Gasteiger partial charge on any atom is 0.365 e. The van der Waals surface area contributed by atoms with Crippen molar-refractivity contribution < 1.29 is 14.3 Å². The Morgan fingerprint density at radius 3 is 2.67 bits per heavy atom. The van der Waals surface area contributed by atoms with Crippen molar-refractivity contribution in [3.63, 3.8) is 0 Å². The molecule has 0 saturated heterocycles. The average molecular weight is 291 g/mol. The van der Waals surface area contributed by atoms with Crippen molar-refractivity contribution in [2.45, 2.75) is 46.1 Å². The summed E-state index contributed by atoms with van der Waals surface area (Å²) < 4.78 is 13.6. The summed E-state index contributed by atoms with van der Waals surface area (Å²) in [6.45, 7) is 9.00. The van der Waals surface area contributed by atoms with Crippen LogP contribution in [0.1, 0.15) is 51.2 Å². The Hall–Kier alpha value is -1.84. The molecule has 1 N–H and O–H groups in total. The summed E-state index contributed by atoms with van der Waals surface area (Å²) in [7, 11) is 0. The molecule has 0 fully saturated rings. The van der Waals surface area contributed by atoms with Crippen molar-refractivity contribution in [3.05, 3.63) is 35.2 Å². The third-order valence-electron chi connectivity index (χ3n) is 4.24. The molecule has 0 bridgehead atoms. The number of aliphatic carboxylic acids is 1. The molecule has 1 heterocycles. The summed E-state index contributed by atoms with van der Waals surface area (Å²) in [6.07, 6.45) is 1.05. The molecule has 21 heavy (non-hydrogen) atoms. The summed E-state index contributed by atoms with van der Waals surface area (Å²) in [6, 6.07) is 6.14. The van der Waals surface area contributed by atoms with Crippen LogP contribution in [-0.4, -0.2) is 23.7 Å². The number of fused-ring (bicyclic) bond motifs is 1. The molecule has 0 spiro atoms. The van der Waals surface area contributed by atoms with Crippen LogP contribution in [0.3, 0.4) is 0 Å². The van der Waals surface area contributed by atoms with E-state index in [1.54, 1.807) is 0 Å². The molecule has 0 saturated carbocycles. The van der Waals surface area contributed by atoms with E-state index in [1.807, 2.05) is 18.2 Å². The van der Waals surface area contributed by atoms with Crippen LogP contribution < -0.4 is 4.90 Å². The lowest BCUT2D eigenvalue weighted by molar-refractivity contribution is -0.134. The summed E-state index contributed by atoms with van der Waals surface area (Å²) in [5, 5.41) is 8.78. The molecule has 0 amide bonds. The lowest BCUT2D eigenvalue weighted by atomic mass is 9.88. The van der Waals surface area contributed by atoms with Gasteiger partial charge in [-0.1, -0.05) is 13.0 Å². The van der Waals surface area contributed by atoms with Gasteiger partial charge in [0.15, 0.2) is 0 Å². The number of carboxylic acids is 1. The second-order valence-electron chi connectivity index (χ2n) is 5.99. The number of carbonyl (C=O) groups is 1. The first-order valence-corrected chi connectivity index (χ1v) is 7.33. The van der Waals surface area contributed by atoms with Crippen molar-refractivity contribution in [1.82, 2.24) is 0 Å². The van der Waals surface area contributed by atoms with Gasteiger partial charge in [0.05, 0.1) is 0 Å². The molecule has 2 rings (SSSR count). The largest absolute Gasteiger partial charge is 0.476 e. The van der Waals surface area contributed by atoms with Gasteiger partial charge < -0.3 is 10.0 Å². The normalized spacial score (nSPS) is 19.3. The lowest BCUT2D eigenvalue weighted by Crippen LogP contribution is -2.36. The van der Waals surface area contributed by atoms with Gasteiger partial charge in [0, 0.05) is 18.3 Å². The minimum Gasteiger partial charge on any atom is -0.476 e. The third-order valence-corrected chi connectivity index (χ3v) is 4.24. The van der Waals surface area contributed by atoms with E-state index in [-0.39, 0.29) is 5.57 Å². The molecule has 1 atom stereocenters. The van der Waals surface area contributed by atoms with Gasteiger partial charge in [-0.05, 0) is 61.9 Å². The smallest absolute Gasteiger partial charge is 0.365 e. The van der Waals surface area contributed by atoms with Crippen LogP contribution in [0.5, 0.6) is 0 Å². The Kier molecular flexibility index (Phi) is 4.35. The standard InChI is InChI=1S/C17H22FNO2/c1-10(2)19-8-7-11(3)14-9-13(5-6-15(14)19)12(4)16(18)17(20)21/h5-6,9-11H,7-8H2,1-4H3,(H,20,21)/b16-12+. The Morgan fingerprint density at radius 1 is 1.43 bits per heavy atom. The highest BCUT2D eigenvalue weighted by Gasteiger charge is 2.24. The van der Waals surface area contributed by atoms with Crippen LogP contribution in [0.2, 0.25) is 0 Å². The maximum atomic E-state index is 13.6. The number of hydrogen-bond acceptors (Lipinski definition) is 2. The van der Waals surface area contributed by atoms with Gasteiger partial charge in [-0.2, -0.15) is 4.39 Å². The van der Waals surface area contributed by atoms with Crippen molar-refractivity contribution in [2.75, 3.05) is 11.4 Å². The first kappa shape index (κ1) is 15.5. The average Bonchev–Trinajstić information content (AvgIpc) is 2.45. The van der Waals surface area contributed by atoms with Crippen molar-refractivity contribution in [1.29, 1.82) is 0 Å². The molecule has 0 aliphatic carbocycles. The number of halogens is 1. The van der Waals surface area contributed by atoms with Crippen molar-refractivity contribution in [2.24, 2.45) is 0 Å². The zero-order valence-electron chi connectivity index (χ0n) is 13.0. The van der Waals surface area contributed by atoms with Gasteiger partial charge >= 0.3 is 5.97 Å². The Balaban J connectivity index is 2.50. The molecule has 0 radical (unpaired) electrons. The topological polar surface area (TPSA) is 40.5 Å². The van der Waals surface area contributed by atoms with E-state index in [0.29, 0.717) is 17.5 Å². The molecule has 1 unspecified atom stereocenters. The quantitative estimate of drug-likeness (QED) is 0.849. The lowest BCUT2D eigenvalue weighted by Gasteiger charge is -2.37.